The van der Waals surface area contributed by atoms with Gasteiger partial charge in [0.05, 0.1) is 17.6 Å². The Morgan fingerprint density at radius 1 is 1.62 bits per heavy atom. The van der Waals surface area contributed by atoms with E-state index in [1.54, 1.807) is 13.2 Å². The van der Waals surface area contributed by atoms with E-state index in [1.807, 2.05) is 6.07 Å². The molecular formula is C11H12N4O. The topological polar surface area (TPSA) is 61.0 Å². The Morgan fingerprint density at radius 3 is 3.31 bits per heavy atom. The lowest BCUT2D eigenvalue weighted by Crippen LogP contribution is -2.44. The lowest BCUT2D eigenvalue weighted by Gasteiger charge is -2.33. The fourth-order valence-corrected chi connectivity index (χ4v) is 1.97. The molecule has 1 amide bonds. The predicted molar refractivity (Wildman–Crippen MR) is 62.6 cm³/mol. The van der Waals surface area contributed by atoms with Gasteiger partial charge in [-0.25, -0.2) is 4.98 Å². The number of carbonyl (C=O) groups is 1. The fraction of sp³-hybridized carbons (Fsp3) is 0.273. The van der Waals surface area contributed by atoms with Crippen LogP contribution in [0.2, 0.25) is 0 Å². The minimum absolute atomic E-state index is 0.528. The summed E-state index contributed by atoms with van der Waals surface area (Å²) in [7, 11) is 1.61. The van der Waals surface area contributed by atoms with E-state index in [1.165, 1.54) is 11.1 Å². The molecule has 0 saturated heterocycles. The Hall–Kier alpha value is -2.04. The van der Waals surface area contributed by atoms with Gasteiger partial charge in [0.2, 0.25) is 5.91 Å². The van der Waals surface area contributed by atoms with Crippen molar-refractivity contribution in [2.24, 2.45) is 0 Å². The van der Waals surface area contributed by atoms with E-state index >= 15 is 0 Å². The highest BCUT2D eigenvalue weighted by molar-refractivity contribution is 6.09. The van der Waals surface area contributed by atoms with Crippen LogP contribution in [0, 0.1) is 0 Å². The molecule has 0 radical (unpaired) electrons. The van der Waals surface area contributed by atoms with Crippen LogP contribution < -0.4 is 10.2 Å². The number of hydrogen-bond acceptors (Lipinski definition) is 3. The zero-order valence-electron chi connectivity index (χ0n) is 11.6. The number of hydrogen-bond donors (Lipinski definition) is 2. The Balaban J connectivity index is 2.22. The maximum atomic E-state index is 11.9. The van der Waals surface area contributed by atoms with Crippen LogP contribution in [0.15, 0.2) is 18.5 Å². The van der Waals surface area contributed by atoms with Crippen molar-refractivity contribution in [3.63, 3.8) is 0 Å². The highest BCUT2D eigenvalue weighted by atomic mass is 16.2. The number of rotatable bonds is 0. The number of likely N-dealkylation sites (N-methyl/N-ethyl adjacent to an activating group) is 1. The van der Waals surface area contributed by atoms with Gasteiger partial charge in [-0.3, -0.25) is 4.79 Å². The van der Waals surface area contributed by atoms with Crippen molar-refractivity contribution < 1.29 is 8.91 Å². The SMILES string of the molecule is [2H]C([2H])([2H])C1C(=O)Nc2cnc3[nH]ccc3c2N1C. The van der Waals surface area contributed by atoms with Gasteiger partial charge in [0.1, 0.15) is 11.7 Å². The molecule has 2 N–H and O–H groups in total. The lowest BCUT2D eigenvalue weighted by atomic mass is 10.1. The van der Waals surface area contributed by atoms with Gasteiger partial charge in [-0.2, -0.15) is 0 Å². The number of fused-ring (bicyclic) bond motifs is 3. The number of aromatic nitrogens is 2. The van der Waals surface area contributed by atoms with Crippen LogP contribution in [-0.4, -0.2) is 29.0 Å². The van der Waals surface area contributed by atoms with Crippen molar-refractivity contribution in [2.45, 2.75) is 12.9 Å². The Labute approximate surface area is 96.7 Å². The number of anilines is 2. The molecule has 0 saturated carbocycles. The molecule has 0 aromatic carbocycles. The number of H-pyrrole nitrogens is 1. The smallest absolute Gasteiger partial charge is 0.246 e. The first-order chi connectivity index (χ1) is 8.89. The van der Waals surface area contributed by atoms with Crippen LogP contribution in [0.5, 0.6) is 0 Å². The first-order valence-corrected chi connectivity index (χ1v) is 4.89. The van der Waals surface area contributed by atoms with Crippen molar-refractivity contribution in [1.82, 2.24) is 9.97 Å². The van der Waals surface area contributed by atoms with Crippen molar-refractivity contribution in [3.05, 3.63) is 18.5 Å². The summed E-state index contributed by atoms with van der Waals surface area (Å²) in [6, 6.07) is 0.617. The van der Waals surface area contributed by atoms with E-state index in [9.17, 15) is 4.79 Å². The van der Waals surface area contributed by atoms with E-state index in [4.69, 9.17) is 4.11 Å². The van der Waals surface area contributed by atoms with Gasteiger partial charge < -0.3 is 15.2 Å². The van der Waals surface area contributed by atoms with Crippen LogP contribution in [0.1, 0.15) is 11.0 Å². The molecule has 5 nitrogen and oxygen atoms in total. The number of nitrogens with one attached hydrogen (secondary N) is 2. The van der Waals surface area contributed by atoms with Crippen LogP contribution in [-0.2, 0) is 4.79 Å². The first-order valence-electron chi connectivity index (χ1n) is 6.39. The summed E-state index contributed by atoms with van der Waals surface area (Å²) in [5.74, 6) is -0.535. The number of carbonyl (C=O) groups excluding carboxylic acids is 1. The number of aromatic amines is 1. The van der Waals surface area contributed by atoms with Gasteiger partial charge in [-0.05, 0) is 12.9 Å². The van der Waals surface area contributed by atoms with E-state index in [0.29, 0.717) is 17.0 Å². The zero-order valence-corrected chi connectivity index (χ0v) is 8.61. The lowest BCUT2D eigenvalue weighted by molar-refractivity contribution is -0.117. The third-order valence-electron chi connectivity index (χ3n) is 2.80. The number of nitrogens with zero attached hydrogens (tertiary/aromatic N) is 2. The minimum atomic E-state index is -2.39. The van der Waals surface area contributed by atoms with E-state index in [0.717, 1.165) is 5.39 Å². The Morgan fingerprint density at radius 2 is 2.50 bits per heavy atom. The van der Waals surface area contributed by atoms with Crippen molar-refractivity contribution in [3.8, 4) is 0 Å². The second-order valence-electron chi connectivity index (χ2n) is 3.76. The summed E-state index contributed by atoms with van der Waals surface area (Å²) < 4.78 is 22.5. The van der Waals surface area contributed by atoms with Crippen LogP contribution in [0.4, 0.5) is 11.4 Å². The molecular weight excluding hydrogens is 204 g/mol. The summed E-state index contributed by atoms with van der Waals surface area (Å²) >= 11 is 0. The van der Waals surface area contributed by atoms with Crippen molar-refractivity contribution in [1.29, 1.82) is 0 Å². The van der Waals surface area contributed by atoms with Crippen LogP contribution >= 0.6 is 0 Å². The maximum Gasteiger partial charge on any atom is 0.246 e. The van der Waals surface area contributed by atoms with Crippen molar-refractivity contribution in [2.75, 3.05) is 17.3 Å². The molecule has 2 aromatic rings. The maximum absolute atomic E-state index is 11.9. The van der Waals surface area contributed by atoms with E-state index in [-0.39, 0.29) is 0 Å². The second kappa shape index (κ2) is 2.98. The van der Waals surface area contributed by atoms with Crippen molar-refractivity contribution >= 4 is 28.3 Å². The number of amides is 1. The van der Waals surface area contributed by atoms with E-state index in [2.05, 4.69) is 15.3 Å². The summed E-state index contributed by atoms with van der Waals surface area (Å²) in [4.78, 5) is 20.6. The standard InChI is InChI=1S/C11H12N4O/c1-6-11(16)14-8-5-13-10-7(3-4-12-10)9(8)15(6)2/h3-6H,1-2H3,(H,12,13)(H,14,16)/i1D3. The van der Waals surface area contributed by atoms with E-state index < -0.39 is 18.8 Å². The first kappa shape index (κ1) is 6.52. The third-order valence-corrected chi connectivity index (χ3v) is 2.80. The molecule has 3 heterocycles. The summed E-state index contributed by atoms with van der Waals surface area (Å²) in [5.41, 5.74) is 1.86. The largest absolute Gasteiger partial charge is 0.361 e. The average molecular weight is 219 g/mol. The van der Waals surface area contributed by atoms with Gasteiger partial charge in [0, 0.05) is 22.7 Å². The van der Waals surface area contributed by atoms with Gasteiger partial charge in [0.15, 0.2) is 0 Å². The highest BCUT2D eigenvalue weighted by Gasteiger charge is 2.28. The molecule has 0 spiro atoms. The Bertz CT molecular complexity index is 663. The normalized spacial score (nSPS) is 23.3. The molecule has 0 fully saturated rings. The molecule has 16 heavy (non-hydrogen) atoms. The van der Waals surface area contributed by atoms with Crippen LogP contribution in [0.3, 0.4) is 0 Å². The average Bonchev–Trinajstić information content (AvgIpc) is 2.73. The quantitative estimate of drug-likeness (QED) is 0.703. The van der Waals surface area contributed by atoms with Gasteiger partial charge in [0.25, 0.3) is 0 Å². The molecule has 1 aliphatic rings. The Kier molecular flexibility index (Phi) is 1.21. The molecule has 5 heteroatoms. The molecule has 82 valence electrons. The number of pyridine rings is 1. The molecule has 0 bridgehead atoms. The molecule has 1 atom stereocenters. The summed E-state index contributed by atoms with van der Waals surface area (Å²) in [6.07, 6.45) is 3.25. The molecule has 3 rings (SSSR count). The summed E-state index contributed by atoms with van der Waals surface area (Å²) in [5, 5.41) is 3.40. The van der Waals surface area contributed by atoms with Gasteiger partial charge in [-0.15, -0.1) is 0 Å². The zero-order chi connectivity index (χ0) is 13.8. The van der Waals surface area contributed by atoms with Gasteiger partial charge >= 0.3 is 0 Å². The third kappa shape index (κ3) is 1.05. The highest BCUT2D eigenvalue weighted by Crippen LogP contribution is 2.36. The fourth-order valence-electron chi connectivity index (χ4n) is 1.97. The molecule has 1 aliphatic heterocycles. The minimum Gasteiger partial charge on any atom is -0.361 e. The predicted octanol–water partition coefficient (Wildman–Crippen LogP) is 1.34. The van der Waals surface area contributed by atoms with Gasteiger partial charge in [-0.1, -0.05) is 0 Å². The summed E-state index contributed by atoms with van der Waals surface area (Å²) in [6.45, 7) is -2.39. The molecule has 2 aromatic heterocycles. The molecule has 0 aliphatic carbocycles. The molecule has 1 unspecified atom stereocenters. The van der Waals surface area contributed by atoms with Crippen LogP contribution in [0.25, 0.3) is 11.0 Å². The second-order valence-corrected chi connectivity index (χ2v) is 3.76. The monoisotopic (exact) mass is 219 g/mol.